The lowest BCUT2D eigenvalue weighted by Gasteiger charge is -2.44. The summed E-state index contributed by atoms with van der Waals surface area (Å²) in [6.45, 7) is 7.11. The molecule has 0 N–H and O–H groups in total. The first kappa shape index (κ1) is 14.0. The molecule has 0 unspecified atom stereocenters. The molecule has 19 heavy (non-hydrogen) atoms. The summed E-state index contributed by atoms with van der Waals surface area (Å²) in [6.07, 6.45) is 0.606. The molecular formula is C13H22N2O4. The van der Waals surface area contributed by atoms with Crippen molar-refractivity contribution in [2.75, 3.05) is 39.4 Å². The van der Waals surface area contributed by atoms with Crippen molar-refractivity contribution in [3.8, 4) is 0 Å². The van der Waals surface area contributed by atoms with Crippen LogP contribution in [0.15, 0.2) is 0 Å². The van der Waals surface area contributed by atoms with Gasteiger partial charge in [0.15, 0.2) is 0 Å². The Balaban J connectivity index is 1.91. The second-order valence-electron chi connectivity index (χ2n) is 5.18. The Morgan fingerprint density at radius 1 is 0.895 bits per heavy atom. The number of fused-ring (bicyclic) bond motifs is 2. The summed E-state index contributed by atoms with van der Waals surface area (Å²) in [5.41, 5.74) is 0. The molecule has 0 saturated carbocycles. The van der Waals surface area contributed by atoms with Gasteiger partial charge in [-0.15, -0.1) is 0 Å². The van der Waals surface area contributed by atoms with Crippen molar-refractivity contribution in [3.63, 3.8) is 0 Å². The number of nitrogens with zero attached hydrogens (tertiary/aromatic N) is 2. The van der Waals surface area contributed by atoms with Gasteiger partial charge in [0, 0.05) is 26.2 Å². The van der Waals surface area contributed by atoms with Gasteiger partial charge in [-0.05, 0) is 32.1 Å². The van der Waals surface area contributed by atoms with Crippen molar-refractivity contribution in [1.29, 1.82) is 0 Å². The minimum atomic E-state index is -0.234. The number of ether oxygens (including phenoxy) is 2. The molecule has 2 aliphatic heterocycles. The second-order valence-corrected chi connectivity index (χ2v) is 5.18. The Kier molecular flexibility index (Phi) is 4.50. The van der Waals surface area contributed by atoms with Crippen molar-refractivity contribution in [2.24, 2.45) is 11.8 Å². The van der Waals surface area contributed by atoms with Crippen molar-refractivity contribution < 1.29 is 19.1 Å². The van der Waals surface area contributed by atoms with E-state index in [0.717, 1.165) is 6.42 Å². The standard InChI is InChI=1S/C13H22N2O4/c1-3-18-12(16)14-6-10-5-11(7-14)9-15(8-10)13(17)19-4-2/h10-11H,3-9H2,1-2H3. The van der Waals surface area contributed by atoms with Crippen LogP contribution in [-0.2, 0) is 9.47 Å². The molecule has 2 saturated heterocycles. The molecule has 0 aromatic heterocycles. The number of hydrogen-bond donors (Lipinski definition) is 0. The molecule has 108 valence electrons. The number of rotatable bonds is 2. The molecule has 0 aliphatic carbocycles. The highest BCUT2D eigenvalue weighted by atomic mass is 16.6. The third-order valence-corrected chi connectivity index (χ3v) is 3.63. The number of likely N-dealkylation sites (tertiary alicyclic amines) is 2. The van der Waals surface area contributed by atoms with Gasteiger partial charge in [0.05, 0.1) is 13.2 Å². The van der Waals surface area contributed by atoms with Crippen LogP contribution in [0.2, 0.25) is 0 Å². The Bertz CT molecular complexity index is 304. The fourth-order valence-corrected chi connectivity index (χ4v) is 3.01. The smallest absolute Gasteiger partial charge is 0.409 e. The molecule has 2 amide bonds. The predicted octanol–water partition coefficient (Wildman–Crippen LogP) is 1.55. The average Bonchev–Trinajstić information content (AvgIpc) is 2.38. The Morgan fingerprint density at radius 3 is 1.58 bits per heavy atom. The van der Waals surface area contributed by atoms with Crippen LogP contribution < -0.4 is 0 Å². The number of carbonyl (C=O) groups is 2. The quantitative estimate of drug-likeness (QED) is 0.764. The van der Waals surface area contributed by atoms with E-state index in [1.165, 1.54) is 0 Å². The van der Waals surface area contributed by atoms with Gasteiger partial charge in [0.2, 0.25) is 0 Å². The van der Waals surface area contributed by atoms with Crippen LogP contribution in [0.25, 0.3) is 0 Å². The number of amides is 2. The van der Waals surface area contributed by atoms with Crippen molar-refractivity contribution in [3.05, 3.63) is 0 Å². The van der Waals surface area contributed by atoms with Crippen LogP contribution in [0.4, 0.5) is 9.59 Å². The summed E-state index contributed by atoms with van der Waals surface area (Å²) in [5, 5.41) is 0. The van der Waals surface area contributed by atoms with E-state index >= 15 is 0 Å². The normalized spacial score (nSPS) is 26.0. The Hall–Kier alpha value is -1.46. The zero-order valence-electron chi connectivity index (χ0n) is 11.6. The molecule has 6 heteroatoms. The summed E-state index contributed by atoms with van der Waals surface area (Å²) < 4.78 is 10.1. The van der Waals surface area contributed by atoms with Crippen LogP contribution in [0.3, 0.4) is 0 Å². The average molecular weight is 270 g/mol. The highest BCUT2D eigenvalue weighted by Gasteiger charge is 2.38. The summed E-state index contributed by atoms with van der Waals surface area (Å²) in [7, 11) is 0. The van der Waals surface area contributed by atoms with Crippen molar-refractivity contribution in [2.45, 2.75) is 20.3 Å². The molecule has 2 heterocycles. The fraction of sp³-hybridized carbons (Fsp3) is 0.846. The summed E-state index contributed by atoms with van der Waals surface area (Å²) >= 11 is 0. The van der Waals surface area contributed by atoms with Crippen LogP contribution in [0.5, 0.6) is 0 Å². The zero-order valence-corrected chi connectivity index (χ0v) is 11.6. The monoisotopic (exact) mass is 270 g/mol. The molecule has 0 aromatic rings. The van der Waals surface area contributed by atoms with Gasteiger partial charge in [-0.3, -0.25) is 0 Å². The van der Waals surface area contributed by atoms with Gasteiger partial charge in [-0.2, -0.15) is 0 Å². The van der Waals surface area contributed by atoms with E-state index in [4.69, 9.17) is 9.47 Å². The fourth-order valence-electron chi connectivity index (χ4n) is 3.01. The Labute approximate surface area is 113 Å². The molecular weight excluding hydrogens is 248 g/mol. The Morgan fingerprint density at radius 2 is 1.26 bits per heavy atom. The molecule has 2 fully saturated rings. The number of hydrogen-bond acceptors (Lipinski definition) is 4. The van der Waals surface area contributed by atoms with E-state index in [2.05, 4.69) is 0 Å². The molecule has 0 aromatic carbocycles. The van der Waals surface area contributed by atoms with Crippen LogP contribution in [-0.4, -0.2) is 61.4 Å². The molecule has 0 spiro atoms. The lowest BCUT2D eigenvalue weighted by Crippen LogP contribution is -2.55. The van der Waals surface area contributed by atoms with Crippen LogP contribution in [0, 0.1) is 11.8 Å². The summed E-state index contributed by atoms with van der Waals surface area (Å²) in [4.78, 5) is 27.0. The highest BCUT2D eigenvalue weighted by Crippen LogP contribution is 2.29. The van der Waals surface area contributed by atoms with Gasteiger partial charge >= 0.3 is 12.2 Å². The van der Waals surface area contributed by atoms with Gasteiger partial charge in [0.1, 0.15) is 0 Å². The summed E-state index contributed by atoms with van der Waals surface area (Å²) in [6, 6.07) is 0. The van der Waals surface area contributed by atoms with E-state index in [1.807, 2.05) is 13.8 Å². The predicted molar refractivity (Wildman–Crippen MR) is 68.8 cm³/mol. The lowest BCUT2D eigenvalue weighted by molar-refractivity contribution is 0.0194. The highest BCUT2D eigenvalue weighted by molar-refractivity contribution is 5.69. The number of carbonyl (C=O) groups excluding carboxylic acids is 2. The van der Waals surface area contributed by atoms with E-state index in [0.29, 0.717) is 51.2 Å². The van der Waals surface area contributed by atoms with Crippen LogP contribution in [0.1, 0.15) is 20.3 Å². The topological polar surface area (TPSA) is 59.1 Å². The van der Waals surface area contributed by atoms with Gasteiger partial charge in [-0.25, -0.2) is 9.59 Å². The van der Waals surface area contributed by atoms with Gasteiger partial charge in [-0.1, -0.05) is 0 Å². The molecule has 6 nitrogen and oxygen atoms in total. The van der Waals surface area contributed by atoms with E-state index < -0.39 is 0 Å². The third-order valence-electron chi connectivity index (χ3n) is 3.63. The maximum absolute atomic E-state index is 11.7. The largest absolute Gasteiger partial charge is 0.450 e. The van der Waals surface area contributed by atoms with E-state index in [1.54, 1.807) is 9.80 Å². The van der Waals surface area contributed by atoms with Gasteiger partial charge < -0.3 is 19.3 Å². The lowest BCUT2D eigenvalue weighted by atomic mass is 9.85. The van der Waals surface area contributed by atoms with Crippen molar-refractivity contribution >= 4 is 12.2 Å². The molecule has 2 rings (SSSR count). The zero-order chi connectivity index (χ0) is 13.8. The summed E-state index contributed by atoms with van der Waals surface area (Å²) in [5.74, 6) is 0.669. The number of piperidine rings is 2. The molecule has 0 atom stereocenters. The third kappa shape index (κ3) is 3.30. The molecule has 2 bridgehead atoms. The van der Waals surface area contributed by atoms with Crippen molar-refractivity contribution in [1.82, 2.24) is 9.80 Å². The second kappa shape index (κ2) is 6.12. The minimum absolute atomic E-state index is 0.234. The maximum atomic E-state index is 11.7. The SMILES string of the molecule is CCOC(=O)N1CC2CC(C1)CN(C(=O)OCC)C2. The molecule has 0 radical (unpaired) electrons. The van der Waals surface area contributed by atoms with E-state index in [9.17, 15) is 9.59 Å². The van der Waals surface area contributed by atoms with E-state index in [-0.39, 0.29) is 12.2 Å². The van der Waals surface area contributed by atoms with Gasteiger partial charge in [0.25, 0.3) is 0 Å². The maximum Gasteiger partial charge on any atom is 0.409 e. The van der Waals surface area contributed by atoms with Crippen LogP contribution >= 0.6 is 0 Å². The molecule has 2 aliphatic rings. The first-order valence-corrected chi connectivity index (χ1v) is 6.97. The first-order chi connectivity index (χ1) is 9.13. The minimum Gasteiger partial charge on any atom is -0.450 e. The first-order valence-electron chi connectivity index (χ1n) is 6.97.